The van der Waals surface area contributed by atoms with Crippen molar-refractivity contribution in [2.45, 2.75) is 25.2 Å². The van der Waals surface area contributed by atoms with E-state index in [1.165, 1.54) is 6.92 Å². The zero-order valence-electron chi connectivity index (χ0n) is 25.2. The Morgan fingerprint density at radius 2 is 1.41 bits per heavy atom. The molecule has 0 spiro atoms. The van der Waals surface area contributed by atoms with Crippen LogP contribution in [0.25, 0.3) is 27.5 Å². The fraction of sp³-hybridized carbons (Fsp3) is 0.105. The molecule has 0 bridgehead atoms. The number of nitrogens with zero attached hydrogens (tertiary/aromatic N) is 2. The molecule has 0 atom stereocenters. The minimum absolute atomic E-state index is 0.0677. The second kappa shape index (κ2) is 13.6. The Hall–Kier alpha value is -4.98. The molecular weight excluding hydrogens is 616 g/mol. The van der Waals surface area contributed by atoms with E-state index in [1.807, 2.05) is 116 Å². The molecule has 8 heteroatoms. The lowest BCUT2D eigenvalue weighted by molar-refractivity contribution is -0.140. The number of hydrogen-bond acceptors (Lipinski definition) is 6. The predicted octanol–water partition coefficient (Wildman–Crippen LogP) is 9.26. The maximum Gasteiger partial charge on any atom is 0.331 e. The maximum atomic E-state index is 13.9. The standard InChI is InChI=1S/C38H29ClN2O4S/c1-24-8-6-7-11-31(24)37(43)26-12-18-35-32(22-26)33-23-27(13-19-36(33)41(35)29-9-4-3-5-10-29)38(44)34(40-45-25(2)42)20-21-46-30-16-14-28(39)15-17-30/h3-19,22-23H,20-21H2,1-2H3/b40-34+. The van der Waals surface area contributed by atoms with E-state index < -0.39 is 5.97 Å². The van der Waals surface area contributed by atoms with Gasteiger partial charge in [0.25, 0.3) is 0 Å². The zero-order valence-corrected chi connectivity index (χ0v) is 26.8. The molecule has 228 valence electrons. The Balaban J connectivity index is 1.42. The minimum Gasteiger partial charge on any atom is -0.318 e. The number of oxime groups is 1. The van der Waals surface area contributed by atoms with Crippen LogP contribution in [0.3, 0.4) is 0 Å². The van der Waals surface area contributed by atoms with Crippen LogP contribution in [0.4, 0.5) is 0 Å². The molecule has 6 aromatic rings. The number of ketones is 2. The first kappa shape index (κ1) is 31.0. The number of para-hydroxylation sites is 1. The molecule has 0 saturated carbocycles. The van der Waals surface area contributed by atoms with Gasteiger partial charge >= 0.3 is 5.97 Å². The van der Waals surface area contributed by atoms with Crippen LogP contribution in [0.2, 0.25) is 5.02 Å². The lowest BCUT2D eigenvalue weighted by Crippen LogP contribution is -2.16. The van der Waals surface area contributed by atoms with Crippen molar-refractivity contribution < 1.29 is 19.2 Å². The van der Waals surface area contributed by atoms with Crippen molar-refractivity contribution in [3.63, 3.8) is 0 Å². The molecule has 1 heterocycles. The van der Waals surface area contributed by atoms with E-state index in [4.69, 9.17) is 16.4 Å². The Kier molecular flexibility index (Phi) is 9.15. The first-order valence-electron chi connectivity index (χ1n) is 14.7. The summed E-state index contributed by atoms with van der Waals surface area (Å²) in [6, 6.07) is 36.1. The number of carbonyl (C=O) groups is 3. The van der Waals surface area contributed by atoms with E-state index >= 15 is 0 Å². The molecule has 6 rings (SSSR count). The van der Waals surface area contributed by atoms with Crippen molar-refractivity contribution in [2.75, 3.05) is 5.75 Å². The molecule has 0 amide bonds. The lowest BCUT2D eigenvalue weighted by Gasteiger charge is -2.09. The Morgan fingerprint density at radius 3 is 2.09 bits per heavy atom. The molecule has 0 aliphatic rings. The molecule has 0 N–H and O–H groups in total. The fourth-order valence-electron chi connectivity index (χ4n) is 5.43. The second-order valence-corrected chi connectivity index (χ2v) is 12.4. The summed E-state index contributed by atoms with van der Waals surface area (Å²) in [5.74, 6) is -0.481. The molecule has 6 nitrogen and oxygen atoms in total. The van der Waals surface area contributed by atoms with E-state index in [2.05, 4.69) is 9.72 Å². The topological polar surface area (TPSA) is 77.7 Å². The van der Waals surface area contributed by atoms with Crippen LogP contribution in [-0.4, -0.2) is 33.6 Å². The Bertz CT molecular complexity index is 2140. The number of benzene rings is 5. The van der Waals surface area contributed by atoms with Crippen molar-refractivity contribution in [2.24, 2.45) is 5.16 Å². The molecule has 0 unspecified atom stereocenters. The molecule has 0 aliphatic carbocycles. The number of aryl methyl sites for hydroxylation is 1. The van der Waals surface area contributed by atoms with Crippen molar-refractivity contribution in [3.8, 4) is 5.69 Å². The van der Waals surface area contributed by atoms with Crippen LogP contribution in [0.15, 0.2) is 125 Å². The molecule has 0 radical (unpaired) electrons. The second-order valence-electron chi connectivity index (χ2n) is 10.8. The number of hydrogen-bond donors (Lipinski definition) is 0. The van der Waals surface area contributed by atoms with Gasteiger partial charge in [-0.2, -0.15) is 0 Å². The van der Waals surface area contributed by atoms with E-state index in [9.17, 15) is 14.4 Å². The lowest BCUT2D eigenvalue weighted by atomic mass is 9.97. The average Bonchev–Trinajstić information content (AvgIpc) is 3.40. The van der Waals surface area contributed by atoms with Crippen LogP contribution in [0.1, 0.15) is 45.2 Å². The number of halogens is 1. The van der Waals surface area contributed by atoms with Crippen molar-refractivity contribution in [3.05, 3.63) is 143 Å². The van der Waals surface area contributed by atoms with Crippen LogP contribution in [0, 0.1) is 6.92 Å². The van der Waals surface area contributed by atoms with Gasteiger partial charge in [-0.1, -0.05) is 59.2 Å². The number of aromatic nitrogens is 1. The number of fused-ring (bicyclic) bond motifs is 3. The van der Waals surface area contributed by atoms with Crippen molar-refractivity contribution in [1.29, 1.82) is 0 Å². The Morgan fingerprint density at radius 1 is 0.783 bits per heavy atom. The number of thioether (sulfide) groups is 1. The van der Waals surface area contributed by atoms with Gasteiger partial charge < -0.3 is 9.40 Å². The fourth-order valence-corrected chi connectivity index (χ4v) is 6.41. The monoisotopic (exact) mass is 644 g/mol. The third kappa shape index (κ3) is 6.52. The molecule has 0 saturated heterocycles. The zero-order chi connectivity index (χ0) is 32.2. The van der Waals surface area contributed by atoms with Gasteiger partial charge in [0, 0.05) is 62.2 Å². The first-order chi connectivity index (χ1) is 22.3. The Labute approximate surface area is 275 Å². The summed E-state index contributed by atoms with van der Waals surface area (Å²) < 4.78 is 2.12. The van der Waals surface area contributed by atoms with Gasteiger partial charge in [-0.3, -0.25) is 9.59 Å². The summed E-state index contributed by atoms with van der Waals surface area (Å²) in [5, 5.41) is 6.25. The minimum atomic E-state index is -0.608. The average molecular weight is 645 g/mol. The largest absolute Gasteiger partial charge is 0.331 e. The van der Waals surface area contributed by atoms with Crippen LogP contribution in [-0.2, 0) is 9.63 Å². The third-order valence-electron chi connectivity index (χ3n) is 7.66. The summed E-state index contributed by atoms with van der Waals surface area (Å²) in [5.41, 5.74) is 5.39. The van der Waals surface area contributed by atoms with Gasteiger partial charge in [-0.25, -0.2) is 4.79 Å². The maximum absolute atomic E-state index is 13.9. The summed E-state index contributed by atoms with van der Waals surface area (Å²) in [6.45, 7) is 3.17. The molecule has 46 heavy (non-hydrogen) atoms. The van der Waals surface area contributed by atoms with Crippen LogP contribution in [0.5, 0.6) is 0 Å². The summed E-state index contributed by atoms with van der Waals surface area (Å²) in [4.78, 5) is 45.0. The first-order valence-corrected chi connectivity index (χ1v) is 16.1. The van der Waals surface area contributed by atoms with Gasteiger partial charge in [-0.15, -0.1) is 11.8 Å². The van der Waals surface area contributed by atoms with E-state index in [0.717, 1.165) is 38.0 Å². The highest BCUT2D eigenvalue weighted by atomic mass is 35.5. The molecule has 1 aromatic heterocycles. The van der Waals surface area contributed by atoms with Crippen LogP contribution >= 0.6 is 23.4 Å². The summed E-state index contributed by atoms with van der Waals surface area (Å²) >= 11 is 7.55. The third-order valence-corrected chi connectivity index (χ3v) is 8.93. The highest BCUT2D eigenvalue weighted by Gasteiger charge is 2.21. The van der Waals surface area contributed by atoms with E-state index in [1.54, 1.807) is 17.8 Å². The summed E-state index contributed by atoms with van der Waals surface area (Å²) in [6.07, 6.45) is 0.276. The molecule has 0 aliphatic heterocycles. The highest BCUT2D eigenvalue weighted by molar-refractivity contribution is 7.99. The van der Waals surface area contributed by atoms with Gasteiger partial charge in [0.05, 0.1) is 11.0 Å². The normalized spacial score (nSPS) is 11.6. The number of Topliss-reactive ketones (excluding diaryl/α,β-unsaturated/α-hetero) is 1. The highest BCUT2D eigenvalue weighted by Crippen LogP contribution is 2.34. The van der Waals surface area contributed by atoms with E-state index in [-0.39, 0.29) is 23.7 Å². The molecule has 0 fully saturated rings. The number of rotatable bonds is 10. The van der Waals surface area contributed by atoms with Crippen molar-refractivity contribution in [1.82, 2.24) is 4.57 Å². The van der Waals surface area contributed by atoms with Gasteiger partial charge in [0.2, 0.25) is 5.78 Å². The van der Waals surface area contributed by atoms with Crippen LogP contribution < -0.4 is 0 Å². The number of carbonyl (C=O) groups excluding carboxylic acids is 3. The molecular formula is C38H29ClN2O4S. The quantitative estimate of drug-likeness (QED) is 0.0488. The SMILES string of the molecule is CC(=O)O/N=C(\CCSc1ccc(Cl)cc1)C(=O)c1ccc2c(c1)c1cc(C(=O)c3ccccc3C)ccc1n2-c1ccccc1. The smallest absolute Gasteiger partial charge is 0.318 e. The van der Waals surface area contributed by atoms with Gasteiger partial charge in [0.15, 0.2) is 5.78 Å². The van der Waals surface area contributed by atoms with Gasteiger partial charge in [-0.05, 0) is 85.3 Å². The molecule has 5 aromatic carbocycles. The summed E-state index contributed by atoms with van der Waals surface area (Å²) in [7, 11) is 0. The van der Waals surface area contributed by atoms with Crippen molar-refractivity contribution >= 4 is 68.4 Å². The predicted molar refractivity (Wildman–Crippen MR) is 186 cm³/mol. The van der Waals surface area contributed by atoms with Gasteiger partial charge in [0.1, 0.15) is 5.71 Å². The van der Waals surface area contributed by atoms with E-state index in [0.29, 0.717) is 27.5 Å².